The lowest BCUT2D eigenvalue weighted by molar-refractivity contribution is -0.384. The number of carbonyl (C=O) groups is 2. The quantitative estimate of drug-likeness (QED) is 0.267. The van der Waals surface area contributed by atoms with Crippen LogP contribution in [0.3, 0.4) is 0 Å². The average Bonchev–Trinajstić information content (AvgIpc) is 3.38. The first-order chi connectivity index (χ1) is 18.4. The molecule has 1 saturated heterocycles. The number of carbonyl (C=O) groups excluding carboxylic acids is 2. The summed E-state index contributed by atoms with van der Waals surface area (Å²) in [6, 6.07) is 17.9. The fourth-order valence-electron chi connectivity index (χ4n) is 4.25. The molecule has 4 aromatic rings. The largest absolute Gasteiger partial charge is 0.494 e. The first kappa shape index (κ1) is 24.8. The van der Waals surface area contributed by atoms with Crippen LogP contribution in [-0.2, 0) is 4.74 Å². The zero-order chi connectivity index (χ0) is 26.6. The molecule has 194 valence electrons. The van der Waals surface area contributed by atoms with Crippen LogP contribution < -0.4 is 20.3 Å². The number of morpholine rings is 1. The van der Waals surface area contributed by atoms with E-state index < -0.39 is 16.7 Å². The summed E-state index contributed by atoms with van der Waals surface area (Å²) < 4.78 is 16.4. The molecular formula is C27H24N4O7. The molecule has 2 amide bonds. The second-order valence-electron chi connectivity index (χ2n) is 8.53. The predicted octanol–water partition coefficient (Wildman–Crippen LogP) is 4.69. The maximum atomic E-state index is 13.3. The smallest absolute Gasteiger partial charge is 0.291 e. The van der Waals surface area contributed by atoms with Crippen LogP contribution in [0.25, 0.3) is 11.0 Å². The molecule has 2 heterocycles. The molecule has 2 N–H and O–H groups in total. The van der Waals surface area contributed by atoms with Gasteiger partial charge in [-0.05, 0) is 30.3 Å². The van der Waals surface area contributed by atoms with Gasteiger partial charge >= 0.3 is 0 Å². The van der Waals surface area contributed by atoms with E-state index in [2.05, 4.69) is 10.6 Å². The second kappa shape index (κ2) is 10.6. The van der Waals surface area contributed by atoms with Gasteiger partial charge in [0.2, 0.25) is 0 Å². The molecule has 1 aromatic heterocycles. The van der Waals surface area contributed by atoms with Crippen LogP contribution in [0.4, 0.5) is 22.7 Å². The number of non-ortho nitro benzene ring substituents is 1. The molecule has 5 rings (SSSR count). The van der Waals surface area contributed by atoms with Crippen LogP contribution in [0.15, 0.2) is 71.1 Å². The number of para-hydroxylation sites is 1. The standard InChI is InChI=1S/C27H24N4O7/c1-36-24-15-18(6-8-21(24)29-27(33)25-14-17-4-2-3-5-23(17)38-25)28-26(32)20-16-19(31(34)35)7-9-22(20)30-10-12-37-13-11-30/h2-9,14-16H,10-13H2,1H3,(H,28,32)(H,29,33). The normalized spacial score (nSPS) is 13.2. The monoisotopic (exact) mass is 516 g/mol. The van der Waals surface area contributed by atoms with E-state index in [0.29, 0.717) is 54.7 Å². The third-order valence-electron chi connectivity index (χ3n) is 6.14. The summed E-state index contributed by atoms with van der Waals surface area (Å²) in [6.07, 6.45) is 0. The third-order valence-corrected chi connectivity index (χ3v) is 6.14. The van der Waals surface area contributed by atoms with Crippen LogP contribution >= 0.6 is 0 Å². The number of nitro benzene ring substituents is 1. The lowest BCUT2D eigenvalue weighted by Gasteiger charge is -2.30. The molecule has 0 bridgehead atoms. The van der Waals surface area contributed by atoms with Gasteiger partial charge in [0.15, 0.2) is 5.76 Å². The summed E-state index contributed by atoms with van der Waals surface area (Å²) in [4.78, 5) is 38.8. The van der Waals surface area contributed by atoms with Gasteiger partial charge < -0.3 is 29.4 Å². The Labute approximate surface area is 217 Å². The fraction of sp³-hybridized carbons (Fsp3) is 0.185. The lowest BCUT2D eigenvalue weighted by Crippen LogP contribution is -2.37. The van der Waals surface area contributed by atoms with Crippen molar-refractivity contribution >= 4 is 45.5 Å². The minimum absolute atomic E-state index is 0.145. The molecule has 1 aliphatic rings. The summed E-state index contributed by atoms with van der Waals surface area (Å²) in [5.41, 5.74) is 1.92. The van der Waals surface area contributed by atoms with Crippen LogP contribution in [-0.4, -0.2) is 50.2 Å². The highest BCUT2D eigenvalue weighted by molar-refractivity contribution is 6.09. The summed E-state index contributed by atoms with van der Waals surface area (Å²) in [5.74, 6) is -0.522. The number of nitrogens with one attached hydrogen (secondary N) is 2. The van der Waals surface area contributed by atoms with Crippen molar-refractivity contribution in [2.45, 2.75) is 0 Å². The number of anilines is 3. The Bertz CT molecular complexity index is 1490. The molecule has 11 heteroatoms. The minimum Gasteiger partial charge on any atom is -0.494 e. The summed E-state index contributed by atoms with van der Waals surface area (Å²) in [7, 11) is 1.44. The van der Waals surface area contributed by atoms with E-state index in [0.717, 1.165) is 5.39 Å². The number of ether oxygens (including phenoxy) is 2. The van der Waals surface area contributed by atoms with Crippen LogP contribution in [0.1, 0.15) is 20.9 Å². The van der Waals surface area contributed by atoms with Crippen molar-refractivity contribution in [2.75, 3.05) is 48.9 Å². The summed E-state index contributed by atoms with van der Waals surface area (Å²) >= 11 is 0. The average molecular weight is 517 g/mol. The number of nitrogens with zero attached hydrogens (tertiary/aromatic N) is 2. The molecule has 1 aliphatic heterocycles. The zero-order valence-electron chi connectivity index (χ0n) is 20.4. The Hall–Kier alpha value is -4.90. The highest BCUT2D eigenvalue weighted by Crippen LogP contribution is 2.31. The van der Waals surface area contributed by atoms with Crippen molar-refractivity contribution in [3.63, 3.8) is 0 Å². The van der Waals surface area contributed by atoms with Gasteiger partial charge in [0.25, 0.3) is 17.5 Å². The van der Waals surface area contributed by atoms with Gasteiger partial charge in [0.05, 0.1) is 42.2 Å². The van der Waals surface area contributed by atoms with E-state index in [1.165, 1.54) is 19.2 Å². The number of rotatable bonds is 7. The molecule has 0 saturated carbocycles. The fourth-order valence-corrected chi connectivity index (χ4v) is 4.25. The van der Waals surface area contributed by atoms with Crippen molar-refractivity contribution < 1.29 is 28.4 Å². The van der Waals surface area contributed by atoms with Crippen LogP contribution in [0.5, 0.6) is 5.75 Å². The van der Waals surface area contributed by atoms with E-state index in [1.807, 2.05) is 23.1 Å². The van der Waals surface area contributed by atoms with Crippen LogP contribution in [0, 0.1) is 10.1 Å². The Kier molecular flexibility index (Phi) is 6.92. The summed E-state index contributed by atoms with van der Waals surface area (Å²) in [5, 5.41) is 17.7. The topological polar surface area (TPSA) is 136 Å². The third kappa shape index (κ3) is 5.13. The maximum Gasteiger partial charge on any atom is 0.291 e. The molecule has 0 unspecified atom stereocenters. The molecule has 0 atom stereocenters. The first-order valence-corrected chi connectivity index (χ1v) is 11.8. The number of hydrogen-bond acceptors (Lipinski definition) is 8. The molecule has 3 aromatic carbocycles. The molecule has 1 fully saturated rings. The molecule has 0 radical (unpaired) electrons. The van der Waals surface area contributed by atoms with Crippen LogP contribution in [0.2, 0.25) is 0 Å². The SMILES string of the molecule is COc1cc(NC(=O)c2cc([N+](=O)[O-])ccc2N2CCOCC2)ccc1NC(=O)c1cc2ccccc2o1. The number of fused-ring (bicyclic) bond motifs is 1. The number of hydrogen-bond donors (Lipinski definition) is 2. The number of benzene rings is 3. The number of nitro groups is 1. The highest BCUT2D eigenvalue weighted by atomic mass is 16.6. The van der Waals surface area contributed by atoms with Crippen molar-refractivity contribution in [1.82, 2.24) is 0 Å². The summed E-state index contributed by atoms with van der Waals surface area (Å²) in [6.45, 7) is 2.12. The van der Waals surface area contributed by atoms with E-state index in [9.17, 15) is 19.7 Å². The predicted molar refractivity (Wildman–Crippen MR) is 141 cm³/mol. The molecule has 0 spiro atoms. The van der Waals surface area contributed by atoms with Gasteiger partial charge in [-0.1, -0.05) is 18.2 Å². The Morgan fingerprint density at radius 1 is 0.974 bits per heavy atom. The molecule has 11 nitrogen and oxygen atoms in total. The second-order valence-corrected chi connectivity index (χ2v) is 8.53. The van der Waals surface area contributed by atoms with Gasteiger partial charge in [-0.25, -0.2) is 0 Å². The van der Waals surface area contributed by atoms with Crippen molar-refractivity contribution in [3.05, 3.63) is 88.2 Å². The van der Waals surface area contributed by atoms with E-state index in [4.69, 9.17) is 13.9 Å². The molecular weight excluding hydrogens is 492 g/mol. The van der Waals surface area contributed by atoms with Crippen molar-refractivity contribution in [1.29, 1.82) is 0 Å². The Balaban J connectivity index is 1.37. The van der Waals surface area contributed by atoms with Crippen molar-refractivity contribution in [2.24, 2.45) is 0 Å². The zero-order valence-corrected chi connectivity index (χ0v) is 20.4. The highest BCUT2D eigenvalue weighted by Gasteiger charge is 2.23. The van der Waals surface area contributed by atoms with Gasteiger partial charge in [0.1, 0.15) is 11.3 Å². The lowest BCUT2D eigenvalue weighted by atomic mass is 10.1. The Morgan fingerprint density at radius 3 is 2.50 bits per heavy atom. The first-order valence-electron chi connectivity index (χ1n) is 11.8. The van der Waals surface area contributed by atoms with Crippen molar-refractivity contribution in [3.8, 4) is 5.75 Å². The van der Waals surface area contributed by atoms with E-state index in [-0.39, 0.29) is 17.0 Å². The van der Waals surface area contributed by atoms with Gasteiger partial charge in [-0.3, -0.25) is 19.7 Å². The molecule has 0 aliphatic carbocycles. The van der Waals surface area contributed by atoms with E-state index >= 15 is 0 Å². The maximum absolute atomic E-state index is 13.3. The Morgan fingerprint density at radius 2 is 1.76 bits per heavy atom. The number of amides is 2. The van der Waals surface area contributed by atoms with Gasteiger partial charge in [-0.2, -0.15) is 0 Å². The van der Waals surface area contributed by atoms with Gasteiger partial charge in [-0.15, -0.1) is 0 Å². The van der Waals surface area contributed by atoms with Gasteiger partial charge in [0, 0.05) is 42.4 Å². The minimum atomic E-state index is -0.539. The number of furan rings is 1. The number of methoxy groups -OCH3 is 1. The molecule has 38 heavy (non-hydrogen) atoms. The van der Waals surface area contributed by atoms with E-state index in [1.54, 1.807) is 36.4 Å².